The molecule has 0 aliphatic heterocycles. The van der Waals surface area contributed by atoms with Gasteiger partial charge in [-0.05, 0) is 0 Å². The van der Waals surface area contributed by atoms with Gasteiger partial charge in [0.25, 0.3) is 0 Å². The molecule has 0 bridgehead atoms. The monoisotopic (exact) mass is 395 g/mol. The normalized spacial score (nSPS) is 11.8. The molecule has 0 spiro atoms. The van der Waals surface area contributed by atoms with Crippen molar-refractivity contribution in [1.29, 1.82) is 0 Å². The summed E-state index contributed by atoms with van der Waals surface area (Å²) in [6.45, 7) is 9.13. The van der Waals surface area contributed by atoms with Gasteiger partial charge in [-0.1, -0.05) is 0 Å². The standard InChI is InChI=1S/C13H27.C6H6N.Sn/c1-4-7-10-13(11-8-5-2)12-9-6-3;1-6-4-2-3-5-7-6;/h4-12H2,1-3H3;2-4H,1H3;. The van der Waals surface area contributed by atoms with Gasteiger partial charge in [0.2, 0.25) is 0 Å². The van der Waals surface area contributed by atoms with E-state index in [1.807, 2.05) is 0 Å². The molecule has 0 saturated heterocycles. The van der Waals surface area contributed by atoms with Crippen LogP contribution in [0, 0.1) is 6.92 Å². The number of nitrogens with zero attached hydrogens (tertiary/aromatic N) is 1. The molecule has 1 aromatic heterocycles. The van der Waals surface area contributed by atoms with Gasteiger partial charge in [0, 0.05) is 0 Å². The third kappa shape index (κ3) is 7.17. The summed E-state index contributed by atoms with van der Waals surface area (Å²) in [4.78, 5) is 4.86. The first-order valence-electron chi connectivity index (χ1n) is 8.87. The van der Waals surface area contributed by atoms with E-state index >= 15 is 0 Å². The van der Waals surface area contributed by atoms with Crippen LogP contribution in [-0.4, -0.2) is 26.1 Å². The molecule has 118 valence electrons. The van der Waals surface area contributed by atoms with Gasteiger partial charge in [0.1, 0.15) is 0 Å². The zero-order valence-electron chi connectivity index (χ0n) is 14.5. The zero-order chi connectivity index (χ0) is 15.6. The van der Waals surface area contributed by atoms with E-state index in [2.05, 4.69) is 45.9 Å². The third-order valence-electron chi connectivity index (χ3n) is 4.31. The molecule has 1 heterocycles. The Hall–Kier alpha value is -0.0513. The fourth-order valence-corrected chi connectivity index (χ4v) is 8.30. The summed E-state index contributed by atoms with van der Waals surface area (Å²) >= 11 is -0.628. The molecular formula is C19H33NSn. The number of aryl methyl sites for hydroxylation is 1. The number of unbranched alkanes of at least 4 members (excludes halogenated alkanes) is 3. The van der Waals surface area contributed by atoms with Crippen LogP contribution in [-0.2, 0) is 0 Å². The van der Waals surface area contributed by atoms with E-state index in [-0.39, 0.29) is 0 Å². The van der Waals surface area contributed by atoms with Gasteiger partial charge in [0.15, 0.2) is 0 Å². The molecule has 21 heavy (non-hydrogen) atoms. The topological polar surface area (TPSA) is 12.9 Å². The average Bonchev–Trinajstić information content (AvgIpc) is 2.48. The van der Waals surface area contributed by atoms with Gasteiger partial charge in [-0.3, -0.25) is 0 Å². The maximum absolute atomic E-state index is 4.86. The molecule has 0 unspecified atom stereocenters. The van der Waals surface area contributed by atoms with Crippen molar-refractivity contribution >= 4 is 24.9 Å². The number of hydrogen-bond acceptors (Lipinski definition) is 1. The molecule has 1 nitrogen and oxygen atoms in total. The Morgan fingerprint density at radius 2 is 1.43 bits per heavy atom. The molecule has 0 atom stereocenters. The first-order valence-corrected chi connectivity index (χ1v) is 11.7. The van der Waals surface area contributed by atoms with Gasteiger partial charge in [-0.2, -0.15) is 0 Å². The summed E-state index contributed by atoms with van der Waals surface area (Å²) in [6.07, 6.45) is 12.6. The number of hydrogen-bond donors (Lipinski definition) is 0. The first-order chi connectivity index (χ1) is 10.2. The molecule has 0 N–H and O–H groups in total. The third-order valence-corrected chi connectivity index (χ3v) is 9.49. The van der Waals surface area contributed by atoms with Crippen LogP contribution in [0.4, 0.5) is 0 Å². The van der Waals surface area contributed by atoms with Gasteiger partial charge in [-0.25, -0.2) is 0 Å². The van der Waals surface area contributed by atoms with Gasteiger partial charge in [-0.15, -0.1) is 0 Å². The Morgan fingerprint density at radius 1 is 0.905 bits per heavy atom. The van der Waals surface area contributed by atoms with Crippen molar-refractivity contribution in [2.75, 3.05) is 0 Å². The Kier molecular flexibility index (Phi) is 9.62. The molecule has 0 saturated carbocycles. The Labute approximate surface area is 142 Å². The van der Waals surface area contributed by atoms with Crippen molar-refractivity contribution < 1.29 is 0 Å². The number of rotatable bonds is 11. The van der Waals surface area contributed by atoms with Crippen LogP contribution in [0.3, 0.4) is 0 Å². The van der Waals surface area contributed by atoms with Gasteiger partial charge in [0.05, 0.1) is 0 Å². The van der Waals surface area contributed by atoms with Gasteiger partial charge < -0.3 is 0 Å². The fraction of sp³-hybridized carbons (Fsp3) is 0.737. The Morgan fingerprint density at radius 3 is 1.86 bits per heavy atom. The molecule has 0 aromatic carbocycles. The van der Waals surface area contributed by atoms with E-state index in [0.717, 1.165) is 0 Å². The second-order valence-corrected chi connectivity index (χ2v) is 11.6. The quantitative estimate of drug-likeness (QED) is 0.455. The molecule has 0 fully saturated rings. The van der Waals surface area contributed by atoms with E-state index in [9.17, 15) is 0 Å². The summed E-state index contributed by atoms with van der Waals surface area (Å²) in [6, 6.07) is 6.65. The predicted octanol–water partition coefficient (Wildman–Crippen LogP) is 5.45. The second kappa shape index (κ2) is 10.6. The molecule has 1 rings (SSSR count). The Bertz CT molecular complexity index is 367. The molecule has 2 radical (unpaired) electrons. The van der Waals surface area contributed by atoms with E-state index in [0.29, 0.717) is 3.43 Å². The summed E-state index contributed by atoms with van der Waals surface area (Å²) < 4.78 is 2.13. The van der Waals surface area contributed by atoms with Crippen LogP contribution >= 0.6 is 0 Å². The molecule has 1 aromatic rings. The number of pyridine rings is 1. The minimum absolute atomic E-state index is 0.628. The van der Waals surface area contributed by atoms with Crippen LogP contribution in [0.15, 0.2) is 18.2 Å². The zero-order valence-corrected chi connectivity index (χ0v) is 17.4. The average molecular weight is 394 g/mol. The fourth-order valence-electron chi connectivity index (χ4n) is 2.99. The Balaban J connectivity index is 2.88. The number of aromatic nitrogens is 1. The van der Waals surface area contributed by atoms with Crippen molar-refractivity contribution in [3.05, 3.63) is 23.9 Å². The summed E-state index contributed by atoms with van der Waals surface area (Å²) in [5.74, 6) is 0. The van der Waals surface area contributed by atoms with Gasteiger partial charge >= 0.3 is 143 Å². The van der Waals surface area contributed by atoms with E-state index in [1.165, 1.54) is 67.2 Å². The first kappa shape index (κ1) is 19.0. The molecule has 2 heteroatoms. The van der Waals surface area contributed by atoms with Crippen molar-refractivity contribution in [2.45, 2.75) is 88.9 Å². The van der Waals surface area contributed by atoms with Crippen molar-refractivity contribution in [3.63, 3.8) is 0 Å². The summed E-state index contributed by atoms with van der Waals surface area (Å²) in [5, 5.41) is 0. The van der Waals surface area contributed by atoms with Crippen molar-refractivity contribution in [1.82, 2.24) is 4.98 Å². The molecule has 0 amide bonds. The van der Waals surface area contributed by atoms with Crippen LogP contribution in [0.5, 0.6) is 0 Å². The van der Waals surface area contributed by atoms with Crippen LogP contribution in [0.25, 0.3) is 0 Å². The second-order valence-electron chi connectivity index (χ2n) is 6.38. The SMILES string of the molecule is CCCC[C](CCCC)(CCCC)[Sn][c]1cccc(C)n1. The van der Waals surface area contributed by atoms with E-state index in [1.54, 1.807) is 0 Å². The van der Waals surface area contributed by atoms with Crippen LogP contribution < -0.4 is 3.71 Å². The van der Waals surface area contributed by atoms with Crippen LogP contribution in [0.2, 0.25) is 3.43 Å². The predicted molar refractivity (Wildman–Crippen MR) is 95.6 cm³/mol. The summed E-state index contributed by atoms with van der Waals surface area (Å²) in [7, 11) is 0. The van der Waals surface area contributed by atoms with E-state index < -0.39 is 21.1 Å². The summed E-state index contributed by atoms with van der Waals surface area (Å²) in [5.41, 5.74) is 1.20. The molecule has 0 aliphatic carbocycles. The van der Waals surface area contributed by atoms with Crippen molar-refractivity contribution in [3.8, 4) is 0 Å². The van der Waals surface area contributed by atoms with Crippen molar-refractivity contribution in [2.24, 2.45) is 0 Å². The molecular weight excluding hydrogens is 361 g/mol. The maximum atomic E-state index is 4.86. The minimum atomic E-state index is -0.628. The van der Waals surface area contributed by atoms with E-state index in [4.69, 9.17) is 4.98 Å². The van der Waals surface area contributed by atoms with Crippen LogP contribution in [0.1, 0.15) is 84.3 Å². The molecule has 0 aliphatic rings.